The van der Waals surface area contributed by atoms with E-state index in [-0.39, 0.29) is 0 Å². The summed E-state index contributed by atoms with van der Waals surface area (Å²) in [5.74, 6) is 0. The van der Waals surface area contributed by atoms with Gasteiger partial charge in [0.1, 0.15) is 0 Å². The van der Waals surface area contributed by atoms with Crippen molar-refractivity contribution < 1.29 is 0 Å². The molecule has 1 fully saturated rings. The monoisotopic (exact) mass is 335 g/mol. The van der Waals surface area contributed by atoms with Crippen molar-refractivity contribution in [2.24, 2.45) is 0 Å². The summed E-state index contributed by atoms with van der Waals surface area (Å²) in [6, 6.07) is 11.3. The van der Waals surface area contributed by atoms with E-state index in [4.69, 9.17) is 11.6 Å². The fourth-order valence-corrected chi connectivity index (χ4v) is 3.85. The molecule has 0 amide bonds. The number of rotatable bonds is 4. The van der Waals surface area contributed by atoms with Crippen LogP contribution >= 0.6 is 22.9 Å². The molecule has 1 atom stereocenters. The van der Waals surface area contributed by atoms with Crippen LogP contribution < -0.4 is 0 Å². The molecule has 1 saturated heterocycles. The average molecular weight is 336 g/mol. The molecule has 0 bridgehead atoms. The van der Waals surface area contributed by atoms with Gasteiger partial charge in [0.25, 0.3) is 0 Å². The van der Waals surface area contributed by atoms with E-state index in [1.165, 1.54) is 23.3 Å². The molecule has 1 aromatic heterocycles. The Morgan fingerprint density at radius 2 is 2.05 bits per heavy atom. The largest absolute Gasteiger partial charge is 0.297 e. The summed E-state index contributed by atoms with van der Waals surface area (Å²) >= 11 is 7.46. The molecule has 0 aliphatic carbocycles. The molecule has 5 heteroatoms. The topological polar surface area (TPSA) is 19.4 Å². The highest BCUT2D eigenvalue weighted by Crippen LogP contribution is 2.19. The van der Waals surface area contributed by atoms with Crippen LogP contribution in [-0.2, 0) is 13.1 Å². The minimum Gasteiger partial charge on any atom is -0.297 e. The standard InChI is InChI=1S/C17H22ClN3S/c1-14-10-20(11-15-6-3-2-4-7-15)8-5-9-21(14)12-16-13-22-17(18)19-16/h2-4,6-7,13-14H,5,8-12H2,1H3/t14-/m1/s1. The van der Waals surface area contributed by atoms with Crippen molar-refractivity contribution in [1.29, 1.82) is 0 Å². The predicted molar refractivity (Wildman–Crippen MR) is 93.3 cm³/mol. The Hall–Kier alpha value is -0.940. The lowest BCUT2D eigenvalue weighted by atomic mass is 10.2. The van der Waals surface area contributed by atoms with Gasteiger partial charge >= 0.3 is 0 Å². The lowest BCUT2D eigenvalue weighted by Crippen LogP contribution is -2.38. The van der Waals surface area contributed by atoms with Gasteiger partial charge in [-0.05, 0) is 25.5 Å². The highest BCUT2D eigenvalue weighted by molar-refractivity contribution is 7.13. The molecule has 0 unspecified atom stereocenters. The molecule has 0 spiro atoms. The summed E-state index contributed by atoms with van der Waals surface area (Å²) in [6.07, 6.45) is 1.20. The van der Waals surface area contributed by atoms with Crippen LogP contribution in [0.2, 0.25) is 4.47 Å². The van der Waals surface area contributed by atoms with Crippen LogP contribution in [0.25, 0.3) is 0 Å². The molecule has 3 nitrogen and oxygen atoms in total. The third-order valence-electron chi connectivity index (χ3n) is 4.20. The third kappa shape index (κ3) is 4.29. The van der Waals surface area contributed by atoms with Gasteiger partial charge in [-0.1, -0.05) is 41.9 Å². The van der Waals surface area contributed by atoms with E-state index in [0.717, 1.165) is 38.4 Å². The van der Waals surface area contributed by atoms with Gasteiger partial charge in [-0.3, -0.25) is 9.80 Å². The van der Waals surface area contributed by atoms with Crippen LogP contribution in [-0.4, -0.2) is 40.5 Å². The molecule has 0 radical (unpaired) electrons. The van der Waals surface area contributed by atoms with Gasteiger partial charge in [0.15, 0.2) is 4.47 Å². The van der Waals surface area contributed by atoms with Gasteiger partial charge in [-0.2, -0.15) is 0 Å². The molecule has 0 N–H and O–H groups in total. The van der Waals surface area contributed by atoms with Crippen molar-refractivity contribution in [2.75, 3.05) is 19.6 Å². The second-order valence-electron chi connectivity index (χ2n) is 5.99. The molecule has 1 aliphatic heterocycles. The van der Waals surface area contributed by atoms with Crippen LogP contribution in [0.3, 0.4) is 0 Å². The average Bonchev–Trinajstić information content (AvgIpc) is 2.84. The second kappa shape index (κ2) is 7.55. The molecule has 118 valence electrons. The van der Waals surface area contributed by atoms with Gasteiger partial charge < -0.3 is 0 Å². The molecule has 1 aromatic carbocycles. The zero-order chi connectivity index (χ0) is 15.4. The maximum absolute atomic E-state index is 5.94. The van der Waals surface area contributed by atoms with E-state index in [1.807, 2.05) is 0 Å². The molecular weight excluding hydrogens is 314 g/mol. The highest BCUT2D eigenvalue weighted by Gasteiger charge is 2.22. The number of nitrogens with zero attached hydrogens (tertiary/aromatic N) is 3. The normalized spacial score (nSPS) is 20.9. The Balaban J connectivity index is 1.59. The Morgan fingerprint density at radius 3 is 2.77 bits per heavy atom. The second-order valence-corrected chi connectivity index (χ2v) is 7.43. The van der Waals surface area contributed by atoms with Crippen LogP contribution in [0.1, 0.15) is 24.6 Å². The first-order valence-corrected chi connectivity index (χ1v) is 9.07. The maximum atomic E-state index is 5.94. The first-order chi connectivity index (χ1) is 10.7. The van der Waals surface area contributed by atoms with E-state index < -0.39 is 0 Å². The molecule has 0 saturated carbocycles. The SMILES string of the molecule is C[C@@H]1CN(Cc2ccccc2)CCCN1Cc1csc(Cl)n1. The fourth-order valence-electron chi connectivity index (χ4n) is 3.08. The van der Waals surface area contributed by atoms with Crippen molar-refractivity contribution >= 4 is 22.9 Å². The minimum atomic E-state index is 0.534. The first-order valence-electron chi connectivity index (χ1n) is 7.81. The molecule has 3 rings (SSSR count). The number of hydrogen-bond donors (Lipinski definition) is 0. The predicted octanol–water partition coefficient (Wildman–Crippen LogP) is 3.89. The van der Waals surface area contributed by atoms with Gasteiger partial charge in [0.05, 0.1) is 5.69 Å². The van der Waals surface area contributed by atoms with E-state index in [9.17, 15) is 0 Å². The summed E-state index contributed by atoms with van der Waals surface area (Å²) in [7, 11) is 0. The lowest BCUT2D eigenvalue weighted by Gasteiger charge is -2.28. The smallest absolute Gasteiger partial charge is 0.183 e. The number of thiazole rings is 1. The molecule has 1 aliphatic rings. The molecule has 2 aromatic rings. The lowest BCUT2D eigenvalue weighted by molar-refractivity contribution is 0.179. The van der Waals surface area contributed by atoms with Crippen molar-refractivity contribution in [3.63, 3.8) is 0 Å². The summed E-state index contributed by atoms with van der Waals surface area (Å²) in [6.45, 7) is 7.66. The first kappa shape index (κ1) is 15.9. The zero-order valence-corrected chi connectivity index (χ0v) is 14.5. The Morgan fingerprint density at radius 1 is 1.23 bits per heavy atom. The summed E-state index contributed by atoms with van der Waals surface area (Å²) in [4.78, 5) is 9.47. The van der Waals surface area contributed by atoms with E-state index in [1.54, 1.807) is 0 Å². The van der Waals surface area contributed by atoms with Crippen LogP contribution in [0.15, 0.2) is 35.7 Å². The van der Waals surface area contributed by atoms with Gasteiger partial charge in [0.2, 0.25) is 0 Å². The van der Waals surface area contributed by atoms with Crippen LogP contribution in [0, 0.1) is 0 Å². The highest BCUT2D eigenvalue weighted by atomic mass is 35.5. The van der Waals surface area contributed by atoms with Crippen molar-refractivity contribution in [2.45, 2.75) is 32.5 Å². The van der Waals surface area contributed by atoms with E-state index in [2.05, 4.69) is 57.4 Å². The van der Waals surface area contributed by atoms with Gasteiger partial charge in [-0.25, -0.2) is 4.98 Å². The van der Waals surface area contributed by atoms with Crippen molar-refractivity contribution in [3.05, 3.63) is 51.4 Å². The van der Waals surface area contributed by atoms with Gasteiger partial charge in [0, 0.05) is 37.6 Å². The summed E-state index contributed by atoms with van der Waals surface area (Å²) in [5, 5.41) is 2.07. The number of halogens is 1. The molecule has 2 heterocycles. The number of benzene rings is 1. The fraction of sp³-hybridized carbons (Fsp3) is 0.471. The summed E-state index contributed by atoms with van der Waals surface area (Å²) in [5.41, 5.74) is 2.49. The van der Waals surface area contributed by atoms with Crippen molar-refractivity contribution in [3.8, 4) is 0 Å². The van der Waals surface area contributed by atoms with Crippen LogP contribution in [0.5, 0.6) is 0 Å². The van der Waals surface area contributed by atoms with Crippen molar-refractivity contribution in [1.82, 2.24) is 14.8 Å². The summed E-state index contributed by atoms with van der Waals surface area (Å²) < 4.78 is 0.642. The van der Waals surface area contributed by atoms with E-state index in [0.29, 0.717) is 10.5 Å². The number of aromatic nitrogens is 1. The van der Waals surface area contributed by atoms with Gasteiger partial charge in [-0.15, -0.1) is 11.3 Å². The maximum Gasteiger partial charge on any atom is 0.183 e. The molecular formula is C17H22ClN3S. The Labute approximate surface area is 141 Å². The van der Waals surface area contributed by atoms with E-state index >= 15 is 0 Å². The number of hydrogen-bond acceptors (Lipinski definition) is 4. The minimum absolute atomic E-state index is 0.534. The van der Waals surface area contributed by atoms with Crippen LogP contribution in [0.4, 0.5) is 0 Å². The third-order valence-corrected chi connectivity index (χ3v) is 5.23. The zero-order valence-electron chi connectivity index (χ0n) is 12.9. The quantitative estimate of drug-likeness (QED) is 0.845. The Kier molecular flexibility index (Phi) is 5.47. The Bertz CT molecular complexity index is 587. The molecule has 22 heavy (non-hydrogen) atoms.